The lowest BCUT2D eigenvalue weighted by atomic mass is 10.1. The fourth-order valence-electron chi connectivity index (χ4n) is 3.25. The number of carbonyl (C=O) groups is 1. The van der Waals surface area contributed by atoms with E-state index in [1.807, 2.05) is 53.4 Å². The van der Waals surface area contributed by atoms with Gasteiger partial charge in [0.1, 0.15) is 18.1 Å². The van der Waals surface area contributed by atoms with Crippen LogP contribution < -0.4 is 9.47 Å². The van der Waals surface area contributed by atoms with E-state index < -0.39 is 0 Å². The molecular weight excluding hydrogens is 420 g/mol. The van der Waals surface area contributed by atoms with Gasteiger partial charge in [0.2, 0.25) is 5.91 Å². The first-order valence-corrected chi connectivity index (χ1v) is 10.4. The maximum absolute atomic E-state index is 12.5. The summed E-state index contributed by atoms with van der Waals surface area (Å²) in [5.41, 5.74) is 1.16. The molecule has 1 aliphatic heterocycles. The van der Waals surface area contributed by atoms with Crippen LogP contribution in [0, 0.1) is 0 Å². The van der Waals surface area contributed by atoms with Gasteiger partial charge in [0, 0.05) is 43.6 Å². The van der Waals surface area contributed by atoms with Crippen molar-refractivity contribution >= 4 is 21.8 Å². The van der Waals surface area contributed by atoms with E-state index in [1.54, 1.807) is 7.11 Å². The molecule has 0 unspecified atom stereocenters. The van der Waals surface area contributed by atoms with Gasteiger partial charge in [-0.05, 0) is 48.4 Å². The molecule has 0 N–H and O–H groups in total. The number of nitrogens with zero attached hydrogens (tertiary/aromatic N) is 2. The Morgan fingerprint density at radius 2 is 1.61 bits per heavy atom. The zero-order valence-corrected chi connectivity index (χ0v) is 17.9. The number of ether oxygens (including phenoxy) is 2. The molecule has 0 radical (unpaired) electrons. The molecule has 0 aromatic heterocycles. The molecule has 5 nitrogen and oxygen atoms in total. The van der Waals surface area contributed by atoms with E-state index in [0.29, 0.717) is 13.0 Å². The fourth-order valence-corrected chi connectivity index (χ4v) is 3.51. The number of rotatable bonds is 8. The second kappa shape index (κ2) is 10.5. The molecule has 150 valence electrons. The lowest BCUT2D eigenvalue weighted by Crippen LogP contribution is -2.49. The summed E-state index contributed by atoms with van der Waals surface area (Å²) < 4.78 is 12.0. The fraction of sp³-hybridized carbons (Fsp3) is 0.409. The predicted octanol–water partition coefficient (Wildman–Crippen LogP) is 3.61. The standard InChI is InChI=1S/C22H27BrN2O3/c1-27-20-7-2-18(3-8-20)4-11-22(26)25-14-12-24(13-15-25)16-17-28-21-9-5-19(23)6-10-21/h2-3,5-10H,4,11-17H2,1H3. The summed E-state index contributed by atoms with van der Waals surface area (Å²) in [6.07, 6.45) is 1.32. The van der Waals surface area contributed by atoms with Gasteiger partial charge >= 0.3 is 0 Å². The van der Waals surface area contributed by atoms with Crippen LogP contribution in [0.1, 0.15) is 12.0 Å². The van der Waals surface area contributed by atoms with Gasteiger partial charge in [0.25, 0.3) is 0 Å². The molecule has 1 aliphatic rings. The first kappa shape index (κ1) is 20.7. The second-order valence-electron chi connectivity index (χ2n) is 6.87. The van der Waals surface area contributed by atoms with Crippen molar-refractivity contribution in [1.82, 2.24) is 9.80 Å². The average molecular weight is 447 g/mol. The van der Waals surface area contributed by atoms with E-state index in [-0.39, 0.29) is 5.91 Å². The number of benzene rings is 2. The highest BCUT2D eigenvalue weighted by Crippen LogP contribution is 2.16. The second-order valence-corrected chi connectivity index (χ2v) is 7.79. The summed E-state index contributed by atoms with van der Waals surface area (Å²) in [7, 11) is 1.66. The van der Waals surface area contributed by atoms with Crippen molar-refractivity contribution in [2.75, 3.05) is 46.4 Å². The molecule has 2 aromatic rings. The van der Waals surface area contributed by atoms with Gasteiger partial charge < -0.3 is 14.4 Å². The Balaban J connectivity index is 1.33. The van der Waals surface area contributed by atoms with Crippen LogP contribution in [0.4, 0.5) is 0 Å². The topological polar surface area (TPSA) is 42.0 Å². The minimum Gasteiger partial charge on any atom is -0.497 e. The van der Waals surface area contributed by atoms with Crippen LogP contribution in [0.2, 0.25) is 0 Å². The van der Waals surface area contributed by atoms with Crippen molar-refractivity contribution in [3.63, 3.8) is 0 Å². The molecule has 3 rings (SSSR count). The number of carbonyl (C=O) groups excluding carboxylic acids is 1. The Morgan fingerprint density at radius 1 is 0.964 bits per heavy atom. The van der Waals surface area contributed by atoms with E-state index in [0.717, 1.165) is 60.7 Å². The third-order valence-corrected chi connectivity index (χ3v) is 5.53. The van der Waals surface area contributed by atoms with E-state index in [9.17, 15) is 4.79 Å². The van der Waals surface area contributed by atoms with Crippen molar-refractivity contribution < 1.29 is 14.3 Å². The molecule has 1 heterocycles. The highest BCUT2D eigenvalue weighted by atomic mass is 79.9. The normalized spacial score (nSPS) is 14.7. The SMILES string of the molecule is COc1ccc(CCC(=O)N2CCN(CCOc3ccc(Br)cc3)CC2)cc1. The maximum Gasteiger partial charge on any atom is 0.222 e. The van der Waals surface area contributed by atoms with Gasteiger partial charge in [-0.1, -0.05) is 28.1 Å². The van der Waals surface area contributed by atoms with E-state index in [2.05, 4.69) is 20.8 Å². The van der Waals surface area contributed by atoms with Crippen molar-refractivity contribution in [3.8, 4) is 11.5 Å². The zero-order chi connectivity index (χ0) is 19.8. The summed E-state index contributed by atoms with van der Waals surface area (Å²) in [5, 5.41) is 0. The van der Waals surface area contributed by atoms with Gasteiger partial charge in [-0.2, -0.15) is 0 Å². The third kappa shape index (κ3) is 6.24. The Labute approximate surface area is 175 Å². The van der Waals surface area contributed by atoms with E-state index in [1.165, 1.54) is 0 Å². The van der Waals surface area contributed by atoms with Crippen LogP contribution in [-0.4, -0.2) is 62.1 Å². The van der Waals surface area contributed by atoms with Crippen LogP contribution >= 0.6 is 15.9 Å². The number of aryl methyl sites for hydroxylation is 1. The molecule has 1 amide bonds. The molecular formula is C22H27BrN2O3. The smallest absolute Gasteiger partial charge is 0.222 e. The van der Waals surface area contributed by atoms with Crippen molar-refractivity contribution in [1.29, 1.82) is 0 Å². The number of hydrogen-bond acceptors (Lipinski definition) is 4. The Bertz CT molecular complexity index is 741. The summed E-state index contributed by atoms with van der Waals surface area (Å²) in [5.74, 6) is 1.97. The molecule has 0 bridgehead atoms. The molecule has 1 saturated heterocycles. The monoisotopic (exact) mass is 446 g/mol. The molecule has 0 aliphatic carbocycles. The molecule has 0 atom stereocenters. The van der Waals surface area contributed by atoms with Crippen LogP contribution in [-0.2, 0) is 11.2 Å². The van der Waals surface area contributed by atoms with Crippen molar-refractivity contribution in [2.24, 2.45) is 0 Å². The van der Waals surface area contributed by atoms with Gasteiger partial charge in [-0.15, -0.1) is 0 Å². The van der Waals surface area contributed by atoms with Gasteiger partial charge in [-0.3, -0.25) is 9.69 Å². The average Bonchev–Trinajstić information content (AvgIpc) is 2.74. The number of piperazine rings is 1. The van der Waals surface area contributed by atoms with Crippen LogP contribution in [0.3, 0.4) is 0 Å². The van der Waals surface area contributed by atoms with Crippen molar-refractivity contribution in [2.45, 2.75) is 12.8 Å². The Kier molecular flexibility index (Phi) is 7.74. The van der Waals surface area contributed by atoms with Crippen LogP contribution in [0.5, 0.6) is 11.5 Å². The molecule has 1 fully saturated rings. The first-order valence-electron chi connectivity index (χ1n) is 9.65. The third-order valence-electron chi connectivity index (χ3n) is 5.00. The van der Waals surface area contributed by atoms with Gasteiger partial charge in [0.15, 0.2) is 0 Å². The molecule has 0 spiro atoms. The lowest BCUT2D eigenvalue weighted by molar-refractivity contribution is -0.132. The molecule has 6 heteroatoms. The highest BCUT2D eigenvalue weighted by molar-refractivity contribution is 9.10. The van der Waals surface area contributed by atoms with E-state index in [4.69, 9.17) is 9.47 Å². The number of amides is 1. The predicted molar refractivity (Wildman–Crippen MR) is 114 cm³/mol. The largest absolute Gasteiger partial charge is 0.497 e. The molecule has 28 heavy (non-hydrogen) atoms. The summed E-state index contributed by atoms with van der Waals surface area (Å²) in [4.78, 5) is 16.8. The number of methoxy groups -OCH3 is 1. The Morgan fingerprint density at radius 3 is 2.25 bits per heavy atom. The van der Waals surface area contributed by atoms with Crippen molar-refractivity contribution in [3.05, 3.63) is 58.6 Å². The minimum absolute atomic E-state index is 0.238. The van der Waals surface area contributed by atoms with Gasteiger partial charge in [-0.25, -0.2) is 0 Å². The highest BCUT2D eigenvalue weighted by Gasteiger charge is 2.20. The van der Waals surface area contributed by atoms with Crippen LogP contribution in [0.15, 0.2) is 53.0 Å². The molecule has 0 saturated carbocycles. The first-order chi connectivity index (χ1) is 13.6. The lowest BCUT2D eigenvalue weighted by Gasteiger charge is -2.34. The number of halogens is 1. The summed E-state index contributed by atoms with van der Waals surface area (Å²) in [6, 6.07) is 15.8. The maximum atomic E-state index is 12.5. The molecule has 2 aromatic carbocycles. The summed E-state index contributed by atoms with van der Waals surface area (Å²) >= 11 is 3.42. The van der Waals surface area contributed by atoms with E-state index >= 15 is 0 Å². The number of hydrogen-bond donors (Lipinski definition) is 0. The summed E-state index contributed by atoms with van der Waals surface area (Å²) in [6.45, 7) is 4.92. The van der Waals surface area contributed by atoms with Gasteiger partial charge in [0.05, 0.1) is 7.11 Å². The quantitative estimate of drug-likeness (QED) is 0.620. The Hall–Kier alpha value is -2.05. The van der Waals surface area contributed by atoms with Crippen LogP contribution in [0.25, 0.3) is 0 Å². The zero-order valence-electron chi connectivity index (χ0n) is 16.3. The minimum atomic E-state index is 0.238.